The maximum atomic E-state index is 5.91. The molecule has 0 unspecified atom stereocenters. The zero-order valence-electron chi connectivity index (χ0n) is 14.1. The molecule has 0 aliphatic carbocycles. The summed E-state index contributed by atoms with van der Waals surface area (Å²) in [5.74, 6) is 0.981. The Balaban J connectivity index is 2.16. The zero-order valence-corrected chi connectivity index (χ0v) is 14.1. The second-order valence-electron chi connectivity index (χ2n) is 5.46. The molecule has 0 saturated carbocycles. The molecule has 1 radical (unpaired) electrons. The van der Waals surface area contributed by atoms with Crippen LogP contribution < -0.4 is 4.74 Å². The van der Waals surface area contributed by atoms with Crippen molar-refractivity contribution >= 4 is 6.08 Å². The van der Waals surface area contributed by atoms with Gasteiger partial charge < -0.3 is 9.47 Å². The average molecular weight is 303 g/mol. The number of para-hydroxylation sites is 1. The van der Waals surface area contributed by atoms with Crippen LogP contribution in [0.4, 0.5) is 0 Å². The summed E-state index contributed by atoms with van der Waals surface area (Å²) in [5.41, 5.74) is 1.16. The maximum absolute atomic E-state index is 5.91. The smallest absolute Gasteiger partial charge is 0.126 e. The molecule has 2 heteroatoms. The van der Waals surface area contributed by atoms with E-state index in [-0.39, 0.29) is 0 Å². The first kappa shape index (κ1) is 18.8. The Bertz CT molecular complexity index is 398. The van der Waals surface area contributed by atoms with E-state index in [0.29, 0.717) is 0 Å². The van der Waals surface area contributed by atoms with Crippen LogP contribution in [-0.2, 0) is 4.74 Å². The van der Waals surface area contributed by atoms with Crippen molar-refractivity contribution in [2.45, 2.75) is 51.9 Å². The SMILES string of the molecule is [CH2]CCC=Cc1ccccc1OCCCCCCOCCC. The molecule has 0 aliphatic heterocycles. The second-order valence-corrected chi connectivity index (χ2v) is 5.46. The lowest BCUT2D eigenvalue weighted by Gasteiger charge is -2.09. The quantitative estimate of drug-likeness (QED) is 0.436. The fourth-order valence-corrected chi connectivity index (χ4v) is 2.17. The zero-order chi connectivity index (χ0) is 15.9. The van der Waals surface area contributed by atoms with Gasteiger partial charge in [-0.1, -0.05) is 50.6 Å². The number of hydrogen-bond donors (Lipinski definition) is 0. The predicted octanol–water partition coefficient (Wildman–Crippen LogP) is 5.68. The monoisotopic (exact) mass is 303 g/mol. The van der Waals surface area contributed by atoms with E-state index in [1.165, 1.54) is 12.8 Å². The Morgan fingerprint density at radius 2 is 1.77 bits per heavy atom. The van der Waals surface area contributed by atoms with Crippen LogP contribution in [0.25, 0.3) is 6.08 Å². The number of unbranched alkanes of at least 4 members (excludes halogenated alkanes) is 4. The third kappa shape index (κ3) is 8.89. The number of rotatable bonds is 13. The van der Waals surface area contributed by atoms with E-state index in [0.717, 1.165) is 63.2 Å². The molecule has 0 bridgehead atoms. The lowest BCUT2D eigenvalue weighted by Crippen LogP contribution is -2.00. The highest BCUT2D eigenvalue weighted by atomic mass is 16.5. The summed E-state index contributed by atoms with van der Waals surface area (Å²) in [5, 5.41) is 0. The van der Waals surface area contributed by atoms with Crippen molar-refractivity contribution in [1.29, 1.82) is 0 Å². The number of hydrogen-bond acceptors (Lipinski definition) is 2. The maximum Gasteiger partial charge on any atom is 0.126 e. The van der Waals surface area contributed by atoms with Crippen LogP contribution in [0, 0.1) is 6.92 Å². The largest absolute Gasteiger partial charge is 0.493 e. The van der Waals surface area contributed by atoms with Crippen molar-refractivity contribution in [3.63, 3.8) is 0 Å². The Hall–Kier alpha value is -1.28. The van der Waals surface area contributed by atoms with Crippen molar-refractivity contribution in [3.05, 3.63) is 42.8 Å². The van der Waals surface area contributed by atoms with Crippen molar-refractivity contribution in [1.82, 2.24) is 0 Å². The Labute approximate surface area is 136 Å². The third-order valence-electron chi connectivity index (χ3n) is 3.38. The molecule has 0 fully saturated rings. The van der Waals surface area contributed by atoms with Crippen LogP contribution in [-0.4, -0.2) is 19.8 Å². The van der Waals surface area contributed by atoms with Gasteiger partial charge in [0.15, 0.2) is 0 Å². The summed E-state index contributed by atoms with van der Waals surface area (Å²) in [6.45, 7) is 8.57. The summed E-state index contributed by atoms with van der Waals surface area (Å²) in [4.78, 5) is 0. The normalized spacial score (nSPS) is 11.2. The fraction of sp³-hybridized carbons (Fsp3) is 0.550. The van der Waals surface area contributed by atoms with Gasteiger partial charge >= 0.3 is 0 Å². The molecule has 0 aromatic heterocycles. The summed E-state index contributed by atoms with van der Waals surface area (Å²) in [6, 6.07) is 8.22. The minimum atomic E-state index is 0.788. The van der Waals surface area contributed by atoms with Gasteiger partial charge in [0.05, 0.1) is 6.61 Å². The van der Waals surface area contributed by atoms with E-state index in [1.807, 2.05) is 18.2 Å². The van der Waals surface area contributed by atoms with Gasteiger partial charge in [-0.05, 0) is 44.6 Å². The number of allylic oxidation sites excluding steroid dienone is 1. The molecule has 1 aromatic rings. The molecule has 0 heterocycles. The molecule has 22 heavy (non-hydrogen) atoms. The highest BCUT2D eigenvalue weighted by molar-refractivity contribution is 5.57. The topological polar surface area (TPSA) is 18.5 Å². The van der Waals surface area contributed by atoms with E-state index in [9.17, 15) is 0 Å². The van der Waals surface area contributed by atoms with E-state index in [4.69, 9.17) is 9.47 Å². The van der Waals surface area contributed by atoms with Gasteiger partial charge in [0.2, 0.25) is 0 Å². The fourth-order valence-electron chi connectivity index (χ4n) is 2.17. The van der Waals surface area contributed by atoms with Crippen molar-refractivity contribution in [3.8, 4) is 5.75 Å². The molecule has 0 spiro atoms. The van der Waals surface area contributed by atoms with Crippen molar-refractivity contribution in [2.75, 3.05) is 19.8 Å². The highest BCUT2D eigenvalue weighted by Crippen LogP contribution is 2.20. The van der Waals surface area contributed by atoms with Gasteiger partial charge in [0.1, 0.15) is 5.75 Å². The Morgan fingerprint density at radius 1 is 1.00 bits per heavy atom. The number of benzene rings is 1. The van der Waals surface area contributed by atoms with Crippen LogP contribution in [0.1, 0.15) is 57.4 Å². The minimum Gasteiger partial charge on any atom is -0.493 e. The standard InChI is InChI=1S/C20H31O2/c1-3-5-8-13-19-14-9-10-15-20(19)22-18-12-7-6-11-17-21-16-4-2/h8-10,13-15H,1,3-7,11-12,16-18H2,2H3. The lowest BCUT2D eigenvalue weighted by molar-refractivity contribution is 0.130. The first-order chi connectivity index (χ1) is 10.9. The summed E-state index contributed by atoms with van der Waals surface area (Å²) in [6.07, 6.45) is 12.0. The Morgan fingerprint density at radius 3 is 2.55 bits per heavy atom. The van der Waals surface area contributed by atoms with Crippen LogP contribution in [0.15, 0.2) is 30.3 Å². The van der Waals surface area contributed by atoms with Crippen molar-refractivity contribution < 1.29 is 9.47 Å². The number of ether oxygens (including phenoxy) is 2. The molecule has 0 N–H and O–H groups in total. The molecule has 2 nitrogen and oxygen atoms in total. The minimum absolute atomic E-state index is 0.788. The van der Waals surface area contributed by atoms with E-state index >= 15 is 0 Å². The van der Waals surface area contributed by atoms with Gasteiger partial charge in [-0.25, -0.2) is 0 Å². The molecule has 0 atom stereocenters. The summed E-state index contributed by atoms with van der Waals surface area (Å²) >= 11 is 0. The van der Waals surface area contributed by atoms with E-state index in [2.05, 4.69) is 32.1 Å². The van der Waals surface area contributed by atoms with E-state index in [1.54, 1.807) is 0 Å². The molecular formula is C20H31O2. The molecule has 0 aliphatic rings. The molecule has 0 amide bonds. The first-order valence-electron chi connectivity index (χ1n) is 8.63. The molecular weight excluding hydrogens is 272 g/mol. The van der Waals surface area contributed by atoms with Gasteiger partial charge in [0.25, 0.3) is 0 Å². The van der Waals surface area contributed by atoms with Crippen LogP contribution in [0.5, 0.6) is 5.75 Å². The molecule has 0 saturated heterocycles. The molecule has 1 aromatic carbocycles. The lowest BCUT2D eigenvalue weighted by atomic mass is 10.1. The third-order valence-corrected chi connectivity index (χ3v) is 3.38. The first-order valence-corrected chi connectivity index (χ1v) is 8.63. The van der Waals surface area contributed by atoms with Crippen LogP contribution >= 0.6 is 0 Å². The van der Waals surface area contributed by atoms with Gasteiger partial charge in [-0.15, -0.1) is 0 Å². The van der Waals surface area contributed by atoms with Gasteiger partial charge in [-0.3, -0.25) is 0 Å². The van der Waals surface area contributed by atoms with Crippen LogP contribution in [0.2, 0.25) is 0 Å². The predicted molar refractivity (Wildman–Crippen MR) is 95.1 cm³/mol. The van der Waals surface area contributed by atoms with E-state index < -0.39 is 0 Å². The van der Waals surface area contributed by atoms with Gasteiger partial charge in [0, 0.05) is 18.8 Å². The molecule has 123 valence electrons. The summed E-state index contributed by atoms with van der Waals surface area (Å²) in [7, 11) is 0. The Kier molecular flexibility index (Phi) is 11.4. The van der Waals surface area contributed by atoms with Crippen LogP contribution in [0.3, 0.4) is 0 Å². The highest BCUT2D eigenvalue weighted by Gasteiger charge is 1.99. The molecule has 1 rings (SSSR count). The van der Waals surface area contributed by atoms with Gasteiger partial charge in [-0.2, -0.15) is 0 Å². The summed E-state index contributed by atoms with van der Waals surface area (Å²) < 4.78 is 11.4. The average Bonchev–Trinajstić information content (AvgIpc) is 2.55. The second kappa shape index (κ2) is 13.4. The van der Waals surface area contributed by atoms with Crippen molar-refractivity contribution in [2.24, 2.45) is 0 Å².